The average molecular weight is 333 g/mol. The van der Waals surface area contributed by atoms with Crippen molar-refractivity contribution in [2.24, 2.45) is 0 Å². The Kier molecular flexibility index (Phi) is 3.60. The molecule has 1 aromatic rings. The normalized spacial score (nSPS) is 25.0. The highest BCUT2D eigenvalue weighted by Gasteiger charge is 2.43. The minimum absolute atomic E-state index is 0.0307. The number of hydrogen-bond donors (Lipinski definition) is 0. The maximum absolute atomic E-state index is 12.6. The second-order valence-electron chi connectivity index (χ2n) is 7.49. The first-order valence-corrected chi connectivity index (χ1v) is 8.46. The Morgan fingerprint density at radius 3 is 2.92 bits per heavy atom. The Hall–Kier alpha value is -1.95. The molecule has 1 fully saturated rings. The van der Waals surface area contributed by atoms with Crippen LogP contribution in [0, 0.1) is 0 Å². The highest BCUT2D eigenvalue weighted by molar-refractivity contribution is 5.69. The van der Waals surface area contributed by atoms with E-state index in [2.05, 4.69) is 0 Å². The number of hydrogen-bond acceptors (Lipinski definition) is 5. The first-order valence-electron chi connectivity index (χ1n) is 8.46. The first kappa shape index (κ1) is 15.6. The number of fused-ring (bicyclic) bond motifs is 3. The minimum atomic E-state index is -0.503. The van der Waals surface area contributed by atoms with Gasteiger partial charge in [-0.25, -0.2) is 4.79 Å². The van der Waals surface area contributed by atoms with Gasteiger partial charge in [0.2, 0.25) is 6.79 Å². The minimum Gasteiger partial charge on any atom is -0.454 e. The number of carbonyl (C=O) groups excluding carboxylic acids is 1. The summed E-state index contributed by atoms with van der Waals surface area (Å²) >= 11 is 0. The van der Waals surface area contributed by atoms with E-state index in [0.29, 0.717) is 13.2 Å². The number of likely N-dealkylation sites (tertiary alicyclic amines) is 1. The topological polar surface area (TPSA) is 57.2 Å². The van der Waals surface area contributed by atoms with Crippen molar-refractivity contribution in [2.45, 2.75) is 58.0 Å². The van der Waals surface area contributed by atoms with Gasteiger partial charge in [0, 0.05) is 12.1 Å². The van der Waals surface area contributed by atoms with Gasteiger partial charge in [-0.3, -0.25) is 0 Å². The summed E-state index contributed by atoms with van der Waals surface area (Å²) in [5, 5.41) is 0. The molecule has 1 aromatic carbocycles. The lowest BCUT2D eigenvalue weighted by Gasteiger charge is -2.31. The Morgan fingerprint density at radius 1 is 1.29 bits per heavy atom. The SMILES string of the molecule is CC(C)(C)OC(=O)N1CCCC1C1OCc2ccc3c(c21)OCO3. The van der Waals surface area contributed by atoms with Gasteiger partial charge in [0.1, 0.15) is 11.7 Å². The summed E-state index contributed by atoms with van der Waals surface area (Å²) in [7, 11) is 0. The first-order chi connectivity index (χ1) is 11.4. The molecule has 0 saturated carbocycles. The fourth-order valence-corrected chi connectivity index (χ4v) is 3.69. The molecule has 0 spiro atoms. The molecule has 6 heteroatoms. The fourth-order valence-electron chi connectivity index (χ4n) is 3.69. The van der Waals surface area contributed by atoms with E-state index in [4.69, 9.17) is 18.9 Å². The predicted molar refractivity (Wildman–Crippen MR) is 86.1 cm³/mol. The number of rotatable bonds is 1. The Morgan fingerprint density at radius 2 is 2.12 bits per heavy atom. The van der Waals surface area contributed by atoms with E-state index in [1.807, 2.05) is 32.9 Å². The van der Waals surface area contributed by atoms with Crippen molar-refractivity contribution in [1.82, 2.24) is 4.90 Å². The largest absolute Gasteiger partial charge is 0.454 e. The summed E-state index contributed by atoms with van der Waals surface area (Å²) in [4.78, 5) is 14.4. The van der Waals surface area contributed by atoms with Gasteiger partial charge in [0.05, 0.1) is 12.6 Å². The molecule has 24 heavy (non-hydrogen) atoms. The van der Waals surface area contributed by atoms with Crippen LogP contribution in [-0.2, 0) is 16.1 Å². The Balaban J connectivity index is 1.62. The molecule has 2 atom stereocenters. The molecule has 0 bridgehead atoms. The van der Waals surface area contributed by atoms with E-state index in [9.17, 15) is 4.79 Å². The zero-order valence-corrected chi connectivity index (χ0v) is 14.3. The second kappa shape index (κ2) is 5.55. The van der Waals surface area contributed by atoms with Crippen molar-refractivity contribution >= 4 is 6.09 Å². The molecular formula is C18H23NO5. The lowest BCUT2D eigenvalue weighted by molar-refractivity contribution is -0.0156. The van der Waals surface area contributed by atoms with Gasteiger partial charge in [-0.05, 0) is 45.2 Å². The van der Waals surface area contributed by atoms with Crippen LogP contribution in [0.4, 0.5) is 4.79 Å². The van der Waals surface area contributed by atoms with Crippen LogP contribution in [0.3, 0.4) is 0 Å². The van der Waals surface area contributed by atoms with Crippen LogP contribution in [0.5, 0.6) is 11.5 Å². The third kappa shape index (κ3) is 2.59. The van der Waals surface area contributed by atoms with Gasteiger partial charge >= 0.3 is 6.09 Å². The molecule has 0 radical (unpaired) electrons. The van der Waals surface area contributed by atoms with Gasteiger partial charge in [0.25, 0.3) is 0 Å². The van der Waals surface area contributed by atoms with Crippen LogP contribution < -0.4 is 9.47 Å². The second-order valence-corrected chi connectivity index (χ2v) is 7.49. The van der Waals surface area contributed by atoms with Gasteiger partial charge in [-0.2, -0.15) is 0 Å². The molecular weight excluding hydrogens is 310 g/mol. The standard InChI is InChI=1S/C18H23NO5/c1-18(2,3)24-17(20)19-8-4-5-12(19)15-14-11(9-21-15)6-7-13-16(14)23-10-22-13/h6-7,12,15H,4-5,8-10H2,1-3H3. The number of carbonyl (C=O) groups is 1. The summed E-state index contributed by atoms with van der Waals surface area (Å²) in [6, 6.07) is 3.92. The van der Waals surface area contributed by atoms with Gasteiger partial charge in [0.15, 0.2) is 11.5 Å². The molecule has 1 saturated heterocycles. The summed E-state index contributed by atoms with van der Waals surface area (Å²) in [6.45, 7) is 7.12. The highest BCUT2D eigenvalue weighted by atomic mass is 16.7. The van der Waals surface area contributed by atoms with Crippen molar-refractivity contribution in [3.05, 3.63) is 23.3 Å². The zero-order chi connectivity index (χ0) is 16.9. The third-order valence-corrected chi connectivity index (χ3v) is 4.65. The van der Waals surface area contributed by atoms with Gasteiger partial charge in [-0.1, -0.05) is 6.07 Å². The quantitative estimate of drug-likeness (QED) is 0.788. The van der Waals surface area contributed by atoms with Crippen LogP contribution in [0.1, 0.15) is 50.8 Å². The van der Waals surface area contributed by atoms with Crippen LogP contribution in [0.2, 0.25) is 0 Å². The van der Waals surface area contributed by atoms with Crippen molar-refractivity contribution in [2.75, 3.05) is 13.3 Å². The lowest BCUT2D eigenvalue weighted by Crippen LogP contribution is -2.42. The summed E-state index contributed by atoms with van der Waals surface area (Å²) < 4.78 is 22.8. The predicted octanol–water partition coefficient (Wildman–Crippen LogP) is 3.39. The third-order valence-electron chi connectivity index (χ3n) is 4.65. The molecule has 0 aliphatic carbocycles. The molecule has 3 aliphatic rings. The molecule has 2 unspecified atom stereocenters. The van der Waals surface area contributed by atoms with Crippen molar-refractivity contribution in [1.29, 1.82) is 0 Å². The monoisotopic (exact) mass is 333 g/mol. The summed E-state index contributed by atoms with van der Waals surface area (Å²) in [6.07, 6.45) is 1.39. The van der Waals surface area contributed by atoms with Crippen LogP contribution in [0.25, 0.3) is 0 Å². The van der Waals surface area contributed by atoms with E-state index >= 15 is 0 Å². The number of benzene rings is 1. The molecule has 0 N–H and O–H groups in total. The number of amides is 1. The van der Waals surface area contributed by atoms with E-state index in [1.165, 1.54) is 0 Å². The van der Waals surface area contributed by atoms with E-state index in [0.717, 1.165) is 35.5 Å². The molecule has 130 valence electrons. The molecule has 6 nitrogen and oxygen atoms in total. The van der Waals surface area contributed by atoms with E-state index in [-0.39, 0.29) is 25.0 Å². The van der Waals surface area contributed by atoms with Crippen molar-refractivity contribution < 1.29 is 23.7 Å². The fraction of sp³-hybridized carbons (Fsp3) is 0.611. The van der Waals surface area contributed by atoms with Crippen LogP contribution >= 0.6 is 0 Å². The maximum Gasteiger partial charge on any atom is 0.410 e. The number of ether oxygens (including phenoxy) is 4. The van der Waals surface area contributed by atoms with Gasteiger partial charge < -0.3 is 23.8 Å². The molecule has 3 heterocycles. The summed E-state index contributed by atoms with van der Waals surface area (Å²) in [5.74, 6) is 1.53. The van der Waals surface area contributed by atoms with Gasteiger partial charge in [-0.15, -0.1) is 0 Å². The average Bonchev–Trinajstić information content (AvgIpc) is 3.22. The van der Waals surface area contributed by atoms with Crippen LogP contribution in [0.15, 0.2) is 12.1 Å². The Labute approximate surface area is 141 Å². The van der Waals surface area contributed by atoms with E-state index in [1.54, 1.807) is 4.90 Å². The lowest BCUT2D eigenvalue weighted by atomic mass is 9.97. The maximum atomic E-state index is 12.6. The summed E-state index contributed by atoms with van der Waals surface area (Å²) in [5.41, 5.74) is 1.64. The molecule has 0 aromatic heterocycles. The molecule has 1 amide bonds. The van der Waals surface area contributed by atoms with Crippen LogP contribution in [-0.4, -0.2) is 36.0 Å². The molecule has 4 rings (SSSR count). The highest BCUT2D eigenvalue weighted by Crippen LogP contribution is 2.48. The Bertz CT molecular complexity index is 666. The smallest absolute Gasteiger partial charge is 0.410 e. The van der Waals surface area contributed by atoms with Crippen molar-refractivity contribution in [3.63, 3.8) is 0 Å². The zero-order valence-electron chi connectivity index (χ0n) is 14.3. The van der Waals surface area contributed by atoms with E-state index < -0.39 is 5.60 Å². The number of nitrogens with zero attached hydrogens (tertiary/aromatic N) is 1. The molecule has 3 aliphatic heterocycles. The van der Waals surface area contributed by atoms with Crippen molar-refractivity contribution in [3.8, 4) is 11.5 Å².